The van der Waals surface area contributed by atoms with E-state index < -0.39 is 11.1 Å². The molecule has 128 valence electrons. The summed E-state index contributed by atoms with van der Waals surface area (Å²) in [6.45, 7) is 0. The molecule has 7 nitrogen and oxygen atoms in total. The highest BCUT2D eigenvalue weighted by Gasteiger charge is 2.30. The van der Waals surface area contributed by atoms with Gasteiger partial charge in [-0.2, -0.15) is 5.10 Å². The van der Waals surface area contributed by atoms with Gasteiger partial charge in [0.25, 0.3) is 0 Å². The molecule has 0 radical (unpaired) electrons. The Kier molecular flexibility index (Phi) is 5.24. The van der Waals surface area contributed by atoms with E-state index in [1.165, 1.54) is 36.7 Å². The Labute approximate surface area is 146 Å². The van der Waals surface area contributed by atoms with Crippen LogP contribution in [0.2, 0.25) is 0 Å². The van der Waals surface area contributed by atoms with Crippen molar-refractivity contribution in [2.75, 3.05) is 5.32 Å². The summed E-state index contributed by atoms with van der Waals surface area (Å²) in [7, 11) is 0. The molecule has 1 atom stereocenters. The second-order valence-electron chi connectivity index (χ2n) is 5.02. The summed E-state index contributed by atoms with van der Waals surface area (Å²) in [6.07, 6.45) is 2.90. The fourth-order valence-corrected chi connectivity index (χ4v) is 2.94. The van der Waals surface area contributed by atoms with Crippen LogP contribution in [0.4, 0.5) is 10.1 Å². The normalized spacial score (nSPS) is 19.2. The number of nitrogens with one attached hydrogen (secondary N) is 2. The maximum Gasteiger partial charge on any atom is 0.238 e. The summed E-state index contributed by atoms with van der Waals surface area (Å²) in [5.41, 5.74) is 0.451. The summed E-state index contributed by atoms with van der Waals surface area (Å²) in [5, 5.41) is 12.5. The maximum absolute atomic E-state index is 12.9. The molecule has 1 aromatic carbocycles. The van der Waals surface area contributed by atoms with E-state index in [1.54, 1.807) is 12.1 Å². The van der Waals surface area contributed by atoms with Crippen molar-refractivity contribution in [2.45, 2.75) is 11.7 Å². The molecule has 1 aliphatic rings. The van der Waals surface area contributed by atoms with Crippen LogP contribution >= 0.6 is 11.8 Å². The number of nitrogens with zero attached hydrogens (tertiary/aromatic N) is 2. The molecule has 0 bridgehead atoms. The average molecular weight is 360 g/mol. The van der Waals surface area contributed by atoms with Crippen LogP contribution in [0.3, 0.4) is 0 Å². The van der Waals surface area contributed by atoms with Gasteiger partial charge in [0.05, 0.1) is 12.5 Å². The standard InChI is InChI=1S/C16H13FN4O3S/c17-10-3-5-11(6-4-10)19-15(23)13-8-14(22)20-16(25-13)21-18-9-12-2-1-7-24-12/h1-7,9,13H,8H2,(H,19,23)(H,20,21,22)/b18-9-/t13-/m1/s1. The van der Waals surface area contributed by atoms with Gasteiger partial charge in [-0.15, -0.1) is 5.10 Å². The van der Waals surface area contributed by atoms with Gasteiger partial charge in [0.1, 0.15) is 16.8 Å². The van der Waals surface area contributed by atoms with Gasteiger partial charge >= 0.3 is 0 Å². The smallest absolute Gasteiger partial charge is 0.238 e. The molecule has 25 heavy (non-hydrogen) atoms. The molecular formula is C16H13FN4O3S. The molecule has 1 aromatic heterocycles. The number of thioether (sulfide) groups is 1. The van der Waals surface area contributed by atoms with E-state index in [0.717, 1.165) is 11.8 Å². The fraction of sp³-hybridized carbons (Fsp3) is 0.125. The topological polar surface area (TPSA) is 96.1 Å². The number of carbonyl (C=O) groups excluding carboxylic acids is 2. The lowest BCUT2D eigenvalue weighted by atomic mass is 10.2. The van der Waals surface area contributed by atoms with Crippen LogP contribution < -0.4 is 10.6 Å². The molecule has 2 heterocycles. The van der Waals surface area contributed by atoms with Gasteiger partial charge in [-0.3, -0.25) is 9.59 Å². The number of furan rings is 1. The Morgan fingerprint density at radius 3 is 2.88 bits per heavy atom. The van der Waals surface area contributed by atoms with Crippen molar-refractivity contribution in [3.63, 3.8) is 0 Å². The molecule has 9 heteroatoms. The highest BCUT2D eigenvalue weighted by Crippen LogP contribution is 2.22. The minimum atomic E-state index is -0.656. The van der Waals surface area contributed by atoms with Gasteiger partial charge in [0.15, 0.2) is 5.17 Å². The quantitative estimate of drug-likeness (QED) is 0.646. The molecule has 2 amide bonds. The number of hydrogen-bond donors (Lipinski definition) is 2. The maximum atomic E-state index is 12.9. The highest BCUT2D eigenvalue weighted by atomic mass is 32.2. The van der Waals surface area contributed by atoms with Gasteiger partial charge < -0.3 is 15.1 Å². The lowest BCUT2D eigenvalue weighted by molar-refractivity contribution is -0.123. The molecule has 2 N–H and O–H groups in total. The number of hydrogen-bond acceptors (Lipinski definition) is 6. The van der Waals surface area contributed by atoms with Crippen LogP contribution in [0, 0.1) is 5.82 Å². The minimum absolute atomic E-state index is 0.0125. The molecule has 0 aliphatic carbocycles. The van der Waals surface area contributed by atoms with Crippen LogP contribution in [0.15, 0.2) is 57.3 Å². The number of halogens is 1. The molecule has 1 fully saturated rings. The minimum Gasteiger partial charge on any atom is -0.463 e. The molecule has 3 rings (SSSR count). The van der Waals surface area contributed by atoms with Gasteiger partial charge in [-0.25, -0.2) is 4.39 Å². The van der Waals surface area contributed by atoms with Crippen molar-refractivity contribution in [3.8, 4) is 0 Å². The van der Waals surface area contributed by atoms with Crippen molar-refractivity contribution in [3.05, 3.63) is 54.2 Å². The second kappa shape index (κ2) is 7.75. The third-order valence-corrected chi connectivity index (χ3v) is 4.22. The Bertz CT molecular complexity index is 818. The van der Waals surface area contributed by atoms with Gasteiger partial charge in [-0.05, 0) is 36.4 Å². The molecule has 0 saturated carbocycles. The van der Waals surface area contributed by atoms with Crippen molar-refractivity contribution in [2.24, 2.45) is 10.2 Å². The molecule has 0 unspecified atom stereocenters. The average Bonchev–Trinajstić information content (AvgIpc) is 3.10. The van der Waals surface area contributed by atoms with Gasteiger partial charge in [-0.1, -0.05) is 11.8 Å². The largest absolute Gasteiger partial charge is 0.463 e. The van der Waals surface area contributed by atoms with Crippen LogP contribution in [0.1, 0.15) is 12.2 Å². The van der Waals surface area contributed by atoms with Crippen molar-refractivity contribution in [1.29, 1.82) is 0 Å². The lowest BCUT2D eigenvalue weighted by Crippen LogP contribution is -2.41. The molecule has 1 aliphatic heterocycles. The van der Waals surface area contributed by atoms with E-state index in [-0.39, 0.29) is 23.4 Å². The Hall–Kier alpha value is -2.94. The predicted molar refractivity (Wildman–Crippen MR) is 92.9 cm³/mol. The number of carbonyl (C=O) groups is 2. The van der Waals surface area contributed by atoms with Crippen LogP contribution in [-0.4, -0.2) is 28.4 Å². The third kappa shape index (κ3) is 4.77. The summed E-state index contributed by atoms with van der Waals surface area (Å²) >= 11 is 1.09. The third-order valence-electron chi connectivity index (χ3n) is 3.15. The monoisotopic (exact) mass is 360 g/mol. The van der Waals surface area contributed by atoms with E-state index >= 15 is 0 Å². The number of amides is 2. The molecule has 0 spiro atoms. The van der Waals surface area contributed by atoms with Crippen molar-refractivity contribution < 1.29 is 18.4 Å². The first-order valence-electron chi connectivity index (χ1n) is 7.27. The Morgan fingerprint density at radius 1 is 1.36 bits per heavy atom. The fourth-order valence-electron chi connectivity index (χ4n) is 2.00. The van der Waals surface area contributed by atoms with Crippen molar-refractivity contribution >= 4 is 40.6 Å². The van der Waals surface area contributed by atoms with E-state index in [4.69, 9.17) is 4.42 Å². The number of rotatable bonds is 4. The van der Waals surface area contributed by atoms with E-state index in [1.807, 2.05) is 0 Å². The van der Waals surface area contributed by atoms with E-state index in [2.05, 4.69) is 20.8 Å². The van der Waals surface area contributed by atoms with Crippen LogP contribution in [-0.2, 0) is 9.59 Å². The van der Waals surface area contributed by atoms with E-state index in [9.17, 15) is 14.0 Å². The zero-order chi connectivity index (χ0) is 17.6. The second-order valence-corrected chi connectivity index (χ2v) is 6.21. The predicted octanol–water partition coefficient (Wildman–Crippen LogP) is 2.37. The Morgan fingerprint density at radius 2 is 2.16 bits per heavy atom. The number of benzene rings is 1. The van der Waals surface area contributed by atoms with Crippen LogP contribution in [0.5, 0.6) is 0 Å². The first kappa shape index (κ1) is 16.9. The summed E-state index contributed by atoms with van der Waals surface area (Å²) < 4.78 is 18.0. The summed E-state index contributed by atoms with van der Waals surface area (Å²) in [5.74, 6) is -0.575. The first-order valence-corrected chi connectivity index (χ1v) is 8.15. The zero-order valence-electron chi connectivity index (χ0n) is 12.8. The first-order chi connectivity index (χ1) is 12.1. The lowest BCUT2D eigenvalue weighted by Gasteiger charge is -2.21. The summed E-state index contributed by atoms with van der Waals surface area (Å²) in [6, 6.07) is 8.79. The van der Waals surface area contributed by atoms with Gasteiger partial charge in [0, 0.05) is 12.1 Å². The summed E-state index contributed by atoms with van der Waals surface area (Å²) in [4.78, 5) is 24.1. The number of amidine groups is 1. The van der Waals surface area contributed by atoms with Gasteiger partial charge in [0.2, 0.25) is 11.8 Å². The SMILES string of the molecule is O=C1C[C@H](C(=O)Nc2ccc(F)cc2)S/C(=N/N=C\c2ccco2)N1. The molecular weight excluding hydrogens is 347 g/mol. The van der Waals surface area contributed by atoms with E-state index in [0.29, 0.717) is 11.4 Å². The van der Waals surface area contributed by atoms with Crippen LogP contribution in [0.25, 0.3) is 0 Å². The zero-order valence-corrected chi connectivity index (χ0v) is 13.6. The van der Waals surface area contributed by atoms with Crippen molar-refractivity contribution in [1.82, 2.24) is 5.32 Å². The molecule has 1 saturated heterocycles. The Balaban J connectivity index is 1.64. The molecule has 2 aromatic rings. The highest BCUT2D eigenvalue weighted by molar-refractivity contribution is 8.15. The number of anilines is 1.